The highest BCUT2D eigenvalue weighted by atomic mass is 127. The van der Waals surface area contributed by atoms with E-state index in [1.54, 1.807) is 13.0 Å². The van der Waals surface area contributed by atoms with Crippen molar-refractivity contribution in [3.8, 4) is 5.75 Å². The number of carbonyl (C=O) groups is 1. The molecule has 100 valence electrons. The molecule has 0 fully saturated rings. The van der Waals surface area contributed by atoms with Gasteiger partial charge in [-0.15, -0.1) is 0 Å². The van der Waals surface area contributed by atoms with Gasteiger partial charge in [0.15, 0.2) is 6.10 Å². The van der Waals surface area contributed by atoms with E-state index < -0.39 is 12.1 Å². The van der Waals surface area contributed by atoms with E-state index in [0.29, 0.717) is 17.7 Å². The van der Waals surface area contributed by atoms with Gasteiger partial charge in [-0.05, 0) is 48.0 Å². The van der Waals surface area contributed by atoms with Crippen LogP contribution in [-0.4, -0.2) is 23.6 Å². The smallest absolute Gasteiger partial charge is 0.346 e. The number of esters is 1. The maximum absolute atomic E-state index is 13.5. The molecule has 5 heteroatoms. The fourth-order valence-corrected chi connectivity index (χ4v) is 1.87. The first-order valence-corrected chi connectivity index (χ1v) is 7.20. The van der Waals surface area contributed by atoms with Gasteiger partial charge in [0.1, 0.15) is 11.6 Å². The van der Waals surface area contributed by atoms with E-state index in [1.807, 2.05) is 0 Å². The van der Waals surface area contributed by atoms with E-state index >= 15 is 0 Å². The summed E-state index contributed by atoms with van der Waals surface area (Å²) in [4.78, 5) is 11.2. The largest absolute Gasteiger partial charge is 0.479 e. The Bertz CT molecular complexity index is 409. The number of benzene rings is 1. The lowest BCUT2D eigenvalue weighted by Crippen LogP contribution is -2.24. The topological polar surface area (TPSA) is 35.5 Å². The van der Waals surface area contributed by atoms with Crippen LogP contribution in [0.25, 0.3) is 0 Å². The lowest BCUT2D eigenvalue weighted by atomic mass is 10.1. The van der Waals surface area contributed by atoms with Crippen LogP contribution in [0.4, 0.5) is 4.39 Å². The Labute approximate surface area is 120 Å². The minimum Gasteiger partial charge on any atom is -0.479 e. The van der Waals surface area contributed by atoms with Crippen molar-refractivity contribution in [2.75, 3.05) is 11.5 Å². The van der Waals surface area contributed by atoms with Crippen LogP contribution < -0.4 is 4.74 Å². The molecule has 0 N–H and O–H groups in total. The molecule has 1 atom stereocenters. The molecular formula is C13H16FIO3. The first-order chi connectivity index (χ1) is 8.58. The van der Waals surface area contributed by atoms with Gasteiger partial charge in [0.25, 0.3) is 0 Å². The van der Waals surface area contributed by atoms with Gasteiger partial charge >= 0.3 is 5.97 Å². The highest BCUT2D eigenvalue weighted by Gasteiger charge is 2.15. The Balaban J connectivity index is 2.75. The molecular weight excluding hydrogens is 350 g/mol. The molecule has 1 aromatic carbocycles. The van der Waals surface area contributed by atoms with Crippen molar-refractivity contribution >= 4 is 28.6 Å². The monoisotopic (exact) mass is 366 g/mol. The number of halogens is 2. The van der Waals surface area contributed by atoms with Crippen LogP contribution in [0, 0.1) is 5.82 Å². The van der Waals surface area contributed by atoms with E-state index in [1.165, 1.54) is 19.2 Å². The molecule has 1 rings (SSSR count). The Morgan fingerprint density at radius 2 is 2.22 bits per heavy atom. The lowest BCUT2D eigenvalue weighted by Gasteiger charge is -2.13. The molecule has 0 aliphatic heterocycles. The fraction of sp³-hybridized carbons (Fsp3) is 0.462. The first kappa shape index (κ1) is 15.2. The van der Waals surface area contributed by atoms with E-state index in [4.69, 9.17) is 4.74 Å². The summed E-state index contributed by atoms with van der Waals surface area (Å²) in [7, 11) is 1.30. The molecule has 1 aromatic rings. The number of ether oxygens (including phenoxy) is 2. The standard InChI is InChI=1S/C13H16FIO3/c1-9(13(16)17-2)18-11-5-6-12(14)10(8-11)4-3-7-15/h5-6,8-9H,3-4,7H2,1-2H3/t9-/m0/s1. The van der Waals surface area contributed by atoms with Gasteiger partial charge in [0.2, 0.25) is 0 Å². The van der Waals surface area contributed by atoms with Crippen LogP contribution in [-0.2, 0) is 16.0 Å². The zero-order valence-corrected chi connectivity index (χ0v) is 12.6. The fourth-order valence-electron chi connectivity index (χ4n) is 1.49. The average molecular weight is 366 g/mol. The number of hydrogen-bond donors (Lipinski definition) is 0. The Morgan fingerprint density at radius 1 is 1.50 bits per heavy atom. The van der Waals surface area contributed by atoms with E-state index in [-0.39, 0.29) is 5.82 Å². The second-order valence-electron chi connectivity index (χ2n) is 3.83. The molecule has 0 amide bonds. The highest BCUT2D eigenvalue weighted by Crippen LogP contribution is 2.20. The van der Waals surface area contributed by atoms with Crippen molar-refractivity contribution in [3.63, 3.8) is 0 Å². The van der Waals surface area contributed by atoms with Crippen LogP contribution in [0.15, 0.2) is 18.2 Å². The van der Waals surface area contributed by atoms with Gasteiger partial charge in [0.05, 0.1) is 7.11 Å². The molecule has 0 spiro atoms. The second-order valence-corrected chi connectivity index (χ2v) is 4.91. The minimum absolute atomic E-state index is 0.238. The first-order valence-electron chi connectivity index (χ1n) is 5.67. The van der Waals surface area contributed by atoms with Gasteiger partial charge in [-0.3, -0.25) is 0 Å². The Morgan fingerprint density at radius 3 is 2.83 bits per heavy atom. The maximum Gasteiger partial charge on any atom is 0.346 e. The Kier molecular flexibility index (Phi) is 6.38. The summed E-state index contributed by atoms with van der Waals surface area (Å²) in [6, 6.07) is 4.52. The predicted molar refractivity (Wildman–Crippen MR) is 75.7 cm³/mol. The summed E-state index contributed by atoms with van der Waals surface area (Å²) in [6.07, 6.45) is 0.879. The number of aryl methyl sites for hydroxylation is 1. The highest BCUT2D eigenvalue weighted by molar-refractivity contribution is 14.1. The quantitative estimate of drug-likeness (QED) is 0.441. The summed E-state index contributed by atoms with van der Waals surface area (Å²) in [5, 5.41) is 0. The Hall–Kier alpha value is -0.850. The van der Waals surface area contributed by atoms with Gasteiger partial charge in [-0.25, -0.2) is 9.18 Å². The summed E-state index contributed by atoms with van der Waals surface area (Å²) < 4.78 is 24.4. The molecule has 0 aliphatic rings. The number of rotatable bonds is 6. The van der Waals surface area contributed by atoms with Crippen molar-refractivity contribution in [3.05, 3.63) is 29.6 Å². The van der Waals surface area contributed by atoms with E-state index in [9.17, 15) is 9.18 Å². The van der Waals surface area contributed by atoms with Gasteiger partial charge < -0.3 is 9.47 Å². The third-order valence-electron chi connectivity index (χ3n) is 2.44. The molecule has 0 saturated carbocycles. The zero-order valence-electron chi connectivity index (χ0n) is 10.4. The predicted octanol–water partition coefficient (Wildman–Crippen LogP) is 3.13. The van der Waals surface area contributed by atoms with E-state index in [2.05, 4.69) is 27.3 Å². The normalized spacial score (nSPS) is 12.0. The lowest BCUT2D eigenvalue weighted by molar-refractivity contribution is -0.147. The molecule has 0 heterocycles. The van der Waals surface area contributed by atoms with Crippen molar-refractivity contribution < 1.29 is 18.7 Å². The van der Waals surface area contributed by atoms with E-state index in [0.717, 1.165) is 10.8 Å². The maximum atomic E-state index is 13.5. The van der Waals surface area contributed by atoms with Crippen molar-refractivity contribution in [2.24, 2.45) is 0 Å². The molecule has 0 aromatic heterocycles. The molecule has 0 aliphatic carbocycles. The van der Waals surface area contributed by atoms with Gasteiger partial charge in [-0.2, -0.15) is 0 Å². The number of alkyl halides is 1. The van der Waals surface area contributed by atoms with Crippen LogP contribution in [0.5, 0.6) is 5.75 Å². The minimum atomic E-state index is -0.696. The van der Waals surface area contributed by atoms with Crippen molar-refractivity contribution in [1.29, 1.82) is 0 Å². The molecule has 3 nitrogen and oxygen atoms in total. The summed E-state index contributed by atoms with van der Waals surface area (Å²) in [5.41, 5.74) is 0.612. The number of hydrogen-bond acceptors (Lipinski definition) is 3. The van der Waals surface area contributed by atoms with Crippen LogP contribution >= 0.6 is 22.6 Å². The molecule has 0 radical (unpaired) electrons. The molecule has 0 unspecified atom stereocenters. The van der Waals surface area contributed by atoms with Crippen molar-refractivity contribution in [2.45, 2.75) is 25.9 Å². The van der Waals surface area contributed by atoms with Crippen molar-refractivity contribution in [1.82, 2.24) is 0 Å². The summed E-state index contributed by atoms with van der Waals surface area (Å²) in [6.45, 7) is 1.60. The van der Waals surface area contributed by atoms with Crippen LogP contribution in [0.3, 0.4) is 0 Å². The third kappa shape index (κ3) is 4.44. The second kappa shape index (κ2) is 7.56. The third-order valence-corrected chi connectivity index (χ3v) is 3.21. The SMILES string of the molecule is COC(=O)[C@H](C)Oc1ccc(F)c(CCCI)c1. The van der Waals surface area contributed by atoms with Crippen LogP contribution in [0.2, 0.25) is 0 Å². The number of carbonyl (C=O) groups excluding carboxylic acids is 1. The molecule has 18 heavy (non-hydrogen) atoms. The van der Waals surface area contributed by atoms with Gasteiger partial charge in [-0.1, -0.05) is 22.6 Å². The average Bonchev–Trinajstić information content (AvgIpc) is 2.38. The zero-order chi connectivity index (χ0) is 13.5. The van der Waals surface area contributed by atoms with Crippen LogP contribution in [0.1, 0.15) is 18.9 Å². The summed E-state index contributed by atoms with van der Waals surface area (Å²) >= 11 is 2.25. The van der Waals surface area contributed by atoms with Gasteiger partial charge in [0, 0.05) is 0 Å². The number of methoxy groups -OCH3 is 1. The summed E-state index contributed by atoms with van der Waals surface area (Å²) in [5.74, 6) is -0.205. The molecule has 0 bridgehead atoms. The molecule has 0 saturated heterocycles.